The lowest BCUT2D eigenvalue weighted by Crippen LogP contribution is -2.00. The van der Waals surface area contributed by atoms with E-state index in [2.05, 4.69) is 155 Å². The van der Waals surface area contributed by atoms with Crippen molar-refractivity contribution < 1.29 is 0 Å². The van der Waals surface area contributed by atoms with Crippen LogP contribution in [0.2, 0.25) is 0 Å². The molecule has 0 fully saturated rings. The average molecular weight is 537 g/mol. The third-order valence-corrected chi connectivity index (χ3v) is 8.98. The lowest BCUT2D eigenvalue weighted by molar-refractivity contribution is 0.967. The molecule has 6 aromatic carbocycles. The quantitative estimate of drug-likeness (QED) is 0.213. The Morgan fingerprint density at radius 3 is 2.07 bits per heavy atom. The third-order valence-electron chi connectivity index (χ3n) is 8.98. The number of fused-ring (bicyclic) bond motifs is 7. The number of para-hydroxylation sites is 2. The van der Waals surface area contributed by atoms with Crippen molar-refractivity contribution in [1.29, 1.82) is 0 Å². The average Bonchev–Trinajstić information content (AvgIpc) is 3.56. The molecule has 0 N–H and O–H groups in total. The Labute approximate surface area is 244 Å². The van der Waals surface area contributed by atoms with Gasteiger partial charge in [-0.2, -0.15) is 0 Å². The van der Waals surface area contributed by atoms with E-state index in [1.54, 1.807) is 0 Å². The van der Waals surface area contributed by atoms with Gasteiger partial charge in [0.2, 0.25) is 0 Å². The van der Waals surface area contributed by atoms with Gasteiger partial charge in [-0.1, -0.05) is 97.1 Å². The predicted octanol–water partition coefficient (Wildman–Crippen LogP) is 10.5. The lowest BCUT2D eigenvalue weighted by atomic mass is 9.98. The number of nitrogens with zero attached hydrogens (tertiary/aromatic N) is 2. The summed E-state index contributed by atoms with van der Waals surface area (Å²) < 4.78 is 4.89. The molecule has 198 valence electrons. The Morgan fingerprint density at radius 1 is 0.476 bits per heavy atom. The van der Waals surface area contributed by atoms with Crippen LogP contribution < -0.4 is 0 Å². The van der Waals surface area contributed by atoms with Crippen molar-refractivity contribution >= 4 is 49.6 Å². The largest absolute Gasteiger partial charge is 0.310 e. The minimum atomic E-state index is 1.06. The van der Waals surface area contributed by atoms with E-state index in [-0.39, 0.29) is 0 Å². The first kappa shape index (κ1) is 23.4. The molecule has 0 saturated heterocycles. The highest BCUT2D eigenvalue weighted by Gasteiger charge is 2.22. The Balaban J connectivity index is 1.30. The Morgan fingerprint density at radius 2 is 1.19 bits per heavy atom. The molecule has 0 amide bonds. The smallest absolute Gasteiger partial charge is 0.0562 e. The van der Waals surface area contributed by atoms with Crippen LogP contribution in [-0.2, 0) is 6.42 Å². The van der Waals surface area contributed by atoms with Gasteiger partial charge in [-0.05, 0) is 88.8 Å². The summed E-state index contributed by atoms with van der Waals surface area (Å²) in [5.41, 5.74) is 11.4. The highest BCUT2D eigenvalue weighted by Crippen LogP contribution is 2.40. The molecule has 42 heavy (non-hydrogen) atoms. The molecule has 0 aliphatic heterocycles. The van der Waals surface area contributed by atoms with Crippen LogP contribution in [0.3, 0.4) is 0 Å². The topological polar surface area (TPSA) is 9.86 Å². The number of hydrogen-bond acceptors (Lipinski definition) is 0. The second kappa shape index (κ2) is 9.09. The maximum atomic E-state index is 2.47. The van der Waals surface area contributed by atoms with Gasteiger partial charge in [0.05, 0.1) is 16.6 Å². The molecule has 9 rings (SSSR count). The molecule has 0 atom stereocenters. The van der Waals surface area contributed by atoms with Gasteiger partial charge in [-0.3, -0.25) is 0 Å². The second-order valence-corrected chi connectivity index (χ2v) is 11.3. The predicted molar refractivity (Wildman–Crippen MR) is 178 cm³/mol. The molecule has 8 aromatic rings. The van der Waals surface area contributed by atoms with Crippen LogP contribution in [0.4, 0.5) is 0 Å². The summed E-state index contributed by atoms with van der Waals surface area (Å²) in [6, 6.07) is 48.8. The summed E-state index contributed by atoms with van der Waals surface area (Å²) in [6.45, 7) is 0. The normalized spacial score (nSPS) is 13.0. The van der Waals surface area contributed by atoms with Gasteiger partial charge in [0, 0.05) is 33.2 Å². The molecule has 2 nitrogen and oxygen atoms in total. The van der Waals surface area contributed by atoms with Gasteiger partial charge >= 0.3 is 0 Å². The fraction of sp³-hybridized carbons (Fsp3) is 0.0500. The zero-order chi connectivity index (χ0) is 27.6. The summed E-state index contributed by atoms with van der Waals surface area (Å²) >= 11 is 0. The van der Waals surface area contributed by atoms with Gasteiger partial charge < -0.3 is 9.13 Å². The van der Waals surface area contributed by atoms with E-state index in [1.807, 2.05) is 0 Å². The van der Waals surface area contributed by atoms with Crippen LogP contribution >= 0.6 is 0 Å². The summed E-state index contributed by atoms with van der Waals surface area (Å²) in [5.74, 6) is 0. The fourth-order valence-electron chi connectivity index (χ4n) is 7.09. The molecule has 0 bridgehead atoms. The molecular weight excluding hydrogens is 508 g/mol. The minimum absolute atomic E-state index is 1.06. The summed E-state index contributed by atoms with van der Waals surface area (Å²) in [6.07, 6.45) is 6.79. The molecule has 1 aliphatic rings. The van der Waals surface area contributed by atoms with Crippen LogP contribution in [0, 0.1) is 0 Å². The number of allylic oxidation sites excluding steroid dienone is 1. The second-order valence-electron chi connectivity index (χ2n) is 11.3. The number of hydrogen-bond donors (Lipinski definition) is 0. The van der Waals surface area contributed by atoms with Crippen molar-refractivity contribution in [1.82, 2.24) is 9.13 Å². The number of rotatable bonds is 3. The summed E-state index contributed by atoms with van der Waals surface area (Å²) in [7, 11) is 0. The van der Waals surface area contributed by atoms with Crippen LogP contribution in [0.25, 0.3) is 72.1 Å². The zero-order valence-electron chi connectivity index (χ0n) is 23.2. The Kier molecular flexibility index (Phi) is 5.06. The third kappa shape index (κ3) is 3.39. The van der Waals surface area contributed by atoms with Crippen LogP contribution in [0.15, 0.2) is 140 Å². The maximum Gasteiger partial charge on any atom is 0.0562 e. The molecule has 0 radical (unpaired) electrons. The summed E-state index contributed by atoms with van der Waals surface area (Å²) in [5, 5.41) is 6.52. The highest BCUT2D eigenvalue weighted by molar-refractivity contribution is 6.14. The SMILES string of the molecule is C1=Cc2c(c3cc4c5ccccc5n(-c5ccccc5)c4cc3n2-c2ccc(-c3cccc4ccccc34)cc2)CC1. The fourth-order valence-corrected chi connectivity index (χ4v) is 7.09. The van der Waals surface area contributed by atoms with Gasteiger partial charge in [0.15, 0.2) is 0 Å². The van der Waals surface area contributed by atoms with Gasteiger partial charge in [-0.15, -0.1) is 0 Å². The van der Waals surface area contributed by atoms with Crippen LogP contribution in [-0.4, -0.2) is 9.13 Å². The van der Waals surface area contributed by atoms with Gasteiger partial charge in [-0.25, -0.2) is 0 Å². The van der Waals surface area contributed by atoms with Crippen LogP contribution in [0.5, 0.6) is 0 Å². The van der Waals surface area contributed by atoms with Crippen molar-refractivity contribution in [3.8, 4) is 22.5 Å². The number of aromatic nitrogens is 2. The molecular formula is C40H28N2. The molecule has 2 heteroatoms. The molecule has 1 aliphatic carbocycles. The van der Waals surface area contributed by atoms with E-state index in [0.29, 0.717) is 0 Å². The first-order valence-corrected chi connectivity index (χ1v) is 14.8. The van der Waals surface area contributed by atoms with E-state index in [4.69, 9.17) is 0 Å². The van der Waals surface area contributed by atoms with Crippen molar-refractivity contribution in [2.75, 3.05) is 0 Å². The van der Waals surface area contributed by atoms with Crippen molar-refractivity contribution in [2.24, 2.45) is 0 Å². The molecule has 0 saturated carbocycles. The Hall–Kier alpha value is -5.34. The number of benzene rings is 6. The van der Waals surface area contributed by atoms with E-state index in [9.17, 15) is 0 Å². The van der Waals surface area contributed by atoms with E-state index in [0.717, 1.165) is 12.8 Å². The zero-order valence-corrected chi connectivity index (χ0v) is 23.2. The van der Waals surface area contributed by atoms with Crippen molar-refractivity contribution in [3.63, 3.8) is 0 Å². The van der Waals surface area contributed by atoms with Gasteiger partial charge in [0.25, 0.3) is 0 Å². The van der Waals surface area contributed by atoms with Crippen molar-refractivity contribution in [3.05, 3.63) is 151 Å². The van der Waals surface area contributed by atoms with Crippen LogP contribution in [0.1, 0.15) is 17.7 Å². The van der Waals surface area contributed by atoms with Gasteiger partial charge in [0.1, 0.15) is 0 Å². The van der Waals surface area contributed by atoms with Crippen molar-refractivity contribution in [2.45, 2.75) is 12.8 Å². The number of aryl methyl sites for hydroxylation is 1. The molecule has 0 spiro atoms. The summed E-state index contributed by atoms with van der Waals surface area (Å²) in [4.78, 5) is 0. The first-order chi connectivity index (χ1) is 20.8. The Bertz CT molecular complexity index is 2330. The lowest BCUT2D eigenvalue weighted by Gasteiger charge is -2.13. The maximum absolute atomic E-state index is 2.47. The monoisotopic (exact) mass is 536 g/mol. The molecule has 2 heterocycles. The van der Waals surface area contributed by atoms with E-state index < -0.39 is 0 Å². The first-order valence-electron chi connectivity index (χ1n) is 14.8. The molecule has 2 aromatic heterocycles. The van der Waals surface area contributed by atoms with E-state index in [1.165, 1.54) is 77.2 Å². The standard InChI is InChI=1S/C40H28N2/c1-2-13-29(14-3-1)41-37-19-8-6-16-33(37)35-25-36-34-17-7-9-20-38(34)42(40(36)26-39(35)41)30-23-21-28(22-24-30)32-18-10-12-27-11-4-5-15-31(27)32/h1-6,8-16,18-26H,7,17H2. The minimum Gasteiger partial charge on any atom is -0.310 e. The molecule has 0 unspecified atom stereocenters. The highest BCUT2D eigenvalue weighted by atomic mass is 15.0. The van der Waals surface area contributed by atoms with E-state index >= 15 is 0 Å².